The Labute approximate surface area is 121 Å². The van der Waals surface area contributed by atoms with Gasteiger partial charge in [-0.1, -0.05) is 36.4 Å². The molecule has 1 amide bonds. The van der Waals surface area contributed by atoms with Gasteiger partial charge >= 0.3 is 0 Å². The largest absolute Gasteiger partial charge is 0.348 e. The van der Waals surface area contributed by atoms with Crippen LogP contribution in [0.25, 0.3) is 0 Å². The third-order valence-electron chi connectivity index (χ3n) is 2.64. The Kier molecular flexibility index (Phi) is 6.33. The zero-order chi connectivity index (χ0) is 12.8. The second-order valence-corrected chi connectivity index (χ2v) is 5.97. The molecule has 1 unspecified atom stereocenters. The second kappa shape index (κ2) is 7.26. The van der Waals surface area contributed by atoms with Crippen LogP contribution in [0.15, 0.2) is 29.2 Å². The van der Waals surface area contributed by atoms with Gasteiger partial charge in [-0.2, -0.15) is 0 Å². The molecule has 2 nitrogen and oxygen atoms in total. The lowest BCUT2D eigenvalue weighted by Crippen LogP contribution is -2.39. The molecule has 0 aromatic heterocycles. The fraction of sp³-hybridized carbons (Fsp3) is 0.462. The van der Waals surface area contributed by atoms with Crippen LogP contribution in [0.3, 0.4) is 0 Å². The van der Waals surface area contributed by atoms with Crippen LogP contribution in [-0.4, -0.2) is 22.6 Å². The molecule has 1 aromatic rings. The number of halogens is 1. The summed E-state index contributed by atoms with van der Waals surface area (Å²) in [4.78, 5) is 13.2. The summed E-state index contributed by atoms with van der Waals surface area (Å²) >= 11 is 3.99. The molecule has 0 bridgehead atoms. The molecule has 0 aliphatic heterocycles. The third-order valence-corrected chi connectivity index (χ3v) is 4.33. The van der Waals surface area contributed by atoms with Crippen molar-refractivity contribution in [3.05, 3.63) is 29.8 Å². The van der Waals surface area contributed by atoms with E-state index in [4.69, 9.17) is 0 Å². The zero-order valence-electron chi connectivity index (χ0n) is 10.4. The van der Waals surface area contributed by atoms with E-state index in [1.165, 1.54) is 4.90 Å². The van der Waals surface area contributed by atoms with Crippen molar-refractivity contribution >= 4 is 40.3 Å². The molecule has 0 aliphatic rings. The van der Waals surface area contributed by atoms with Gasteiger partial charge in [0.15, 0.2) is 0 Å². The first-order valence-electron chi connectivity index (χ1n) is 5.59. The molecule has 0 aliphatic carbocycles. The number of thioether (sulfide) groups is 1. The van der Waals surface area contributed by atoms with Crippen LogP contribution in [-0.2, 0) is 0 Å². The molecule has 0 saturated heterocycles. The Morgan fingerprint density at radius 1 is 1.35 bits per heavy atom. The standard InChI is InChI=1S/C13H18INOS/c1-9(2)12(8-14)15-13(16)10-4-6-11(17-3)7-5-10/h4-7,9,12H,8H2,1-3H3,(H,15,16). The summed E-state index contributed by atoms with van der Waals surface area (Å²) < 4.78 is 0.935. The molecular formula is C13H18INOS. The molecule has 1 N–H and O–H groups in total. The van der Waals surface area contributed by atoms with E-state index in [9.17, 15) is 4.79 Å². The van der Waals surface area contributed by atoms with Gasteiger partial charge in [-0.3, -0.25) is 4.79 Å². The van der Waals surface area contributed by atoms with Gasteiger partial charge in [0.05, 0.1) is 0 Å². The average Bonchev–Trinajstić information content (AvgIpc) is 2.35. The van der Waals surface area contributed by atoms with Crippen molar-refractivity contribution < 1.29 is 4.79 Å². The van der Waals surface area contributed by atoms with Crippen LogP contribution in [0.1, 0.15) is 24.2 Å². The van der Waals surface area contributed by atoms with Crippen LogP contribution in [0, 0.1) is 5.92 Å². The minimum Gasteiger partial charge on any atom is -0.348 e. The average molecular weight is 363 g/mol. The van der Waals surface area contributed by atoms with Crippen molar-refractivity contribution in [2.75, 3.05) is 10.7 Å². The molecule has 1 aromatic carbocycles. The molecule has 17 heavy (non-hydrogen) atoms. The highest BCUT2D eigenvalue weighted by atomic mass is 127. The van der Waals surface area contributed by atoms with E-state index in [1.54, 1.807) is 11.8 Å². The van der Waals surface area contributed by atoms with Gasteiger partial charge in [0.25, 0.3) is 5.91 Å². The van der Waals surface area contributed by atoms with Gasteiger partial charge in [-0.15, -0.1) is 11.8 Å². The smallest absolute Gasteiger partial charge is 0.251 e. The maximum absolute atomic E-state index is 12.0. The summed E-state index contributed by atoms with van der Waals surface area (Å²) in [5.74, 6) is 0.481. The highest BCUT2D eigenvalue weighted by Crippen LogP contribution is 2.15. The summed E-state index contributed by atoms with van der Waals surface area (Å²) in [6, 6.07) is 7.96. The quantitative estimate of drug-likeness (QED) is 0.492. The molecule has 1 atom stereocenters. The number of benzene rings is 1. The SMILES string of the molecule is CSc1ccc(C(=O)NC(CI)C(C)C)cc1. The van der Waals surface area contributed by atoms with Crippen LogP contribution < -0.4 is 5.32 Å². The summed E-state index contributed by atoms with van der Waals surface area (Å²) in [7, 11) is 0. The number of rotatable bonds is 5. The lowest BCUT2D eigenvalue weighted by atomic mass is 10.1. The van der Waals surface area contributed by atoms with Crippen LogP contribution in [0.5, 0.6) is 0 Å². The first-order valence-corrected chi connectivity index (χ1v) is 8.34. The van der Waals surface area contributed by atoms with Gasteiger partial charge in [-0.25, -0.2) is 0 Å². The van der Waals surface area contributed by atoms with E-state index in [1.807, 2.05) is 30.5 Å². The Balaban J connectivity index is 2.68. The van der Waals surface area contributed by atoms with Crippen LogP contribution in [0.2, 0.25) is 0 Å². The van der Waals surface area contributed by atoms with Gasteiger partial charge in [0.1, 0.15) is 0 Å². The molecule has 4 heteroatoms. The maximum Gasteiger partial charge on any atom is 0.251 e. The number of nitrogens with one attached hydrogen (secondary N) is 1. The molecule has 0 saturated carbocycles. The van der Waals surface area contributed by atoms with Crippen LogP contribution in [0.4, 0.5) is 0 Å². The molecule has 0 spiro atoms. The normalized spacial score (nSPS) is 12.5. The topological polar surface area (TPSA) is 29.1 Å². The number of alkyl halides is 1. The lowest BCUT2D eigenvalue weighted by molar-refractivity contribution is 0.0932. The Hall–Kier alpha value is -0.230. The van der Waals surface area contributed by atoms with E-state index >= 15 is 0 Å². The summed E-state index contributed by atoms with van der Waals surface area (Å²) in [6.45, 7) is 4.25. The number of hydrogen-bond donors (Lipinski definition) is 1. The highest BCUT2D eigenvalue weighted by Gasteiger charge is 2.15. The van der Waals surface area contributed by atoms with Crippen molar-refractivity contribution in [3.8, 4) is 0 Å². The minimum absolute atomic E-state index is 0.0213. The van der Waals surface area contributed by atoms with E-state index in [0.29, 0.717) is 5.92 Å². The predicted octanol–water partition coefficient (Wildman–Crippen LogP) is 3.60. The molecule has 0 radical (unpaired) electrons. The Bertz CT molecular complexity index is 364. The van der Waals surface area contributed by atoms with Crippen molar-refractivity contribution in [2.24, 2.45) is 5.92 Å². The highest BCUT2D eigenvalue weighted by molar-refractivity contribution is 14.1. The van der Waals surface area contributed by atoms with Crippen molar-refractivity contribution in [2.45, 2.75) is 24.8 Å². The summed E-state index contributed by atoms with van der Waals surface area (Å²) in [5.41, 5.74) is 0.735. The van der Waals surface area contributed by atoms with E-state index < -0.39 is 0 Å². The van der Waals surface area contributed by atoms with E-state index in [2.05, 4.69) is 41.8 Å². The van der Waals surface area contributed by atoms with Gasteiger partial charge in [-0.05, 0) is 36.4 Å². The molecule has 0 heterocycles. The van der Waals surface area contributed by atoms with Gasteiger partial charge in [0.2, 0.25) is 0 Å². The maximum atomic E-state index is 12.0. The van der Waals surface area contributed by atoms with E-state index in [0.717, 1.165) is 9.99 Å². The zero-order valence-corrected chi connectivity index (χ0v) is 13.3. The van der Waals surface area contributed by atoms with E-state index in [-0.39, 0.29) is 11.9 Å². The second-order valence-electron chi connectivity index (χ2n) is 4.21. The monoisotopic (exact) mass is 363 g/mol. The fourth-order valence-electron chi connectivity index (χ4n) is 1.38. The number of amides is 1. The lowest BCUT2D eigenvalue weighted by Gasteiger charge is -2.19. The number of carbonyl (C=O) groups excluding carboxylic acids is 1. The van der Waals surface area contributed by atoms with Crippen molar-refractivity contribution in [3.63, 3.8) is 0 Å². The first kappa shape index (κ1) is 14.8. The van der Waals surface area contributed by atoms with Crippen LogP contribution >= 0.6 is 34.4 Å². The minimum atomic E-state index is 0.0213. The number of carbonyl (C=O) groups is 1. The van der Waals surface area contributed by atoms with Crippen molar-refractivity contribution in [1.82, 2.24) is 5.32 Å². The Morgan fingerprint density at radius 2 is 1.94 bits per heavy atom. The molecular weight excluding hydrogens is 345 g/mol. The predicted molar refractivity (Wildman–Crippen MR) is 83.2 cm³/mol. The summed E-state index contributed by atoms with van der Waals surface area (Å²) in [5, 5.41) is 3.07. The molecule has 0 fully saturated rings. The molecule has 1 rings (SSSR count). The summed E-state index contributed by atoms with van der Waals surface area (Å²) in [6.07, 6.45) is 2.03. The van der Waals surface area contributed by atoms with Gasteiger partial charge in [0, 0.05) is 20.9 Å². The third kappa shape index (κ3) is 4.50. The number of hydrogen-bond acceptors (Lipinski definition) is 2. The Morgan fingerprint density at radius 3 is 2.35 bits per heavy atom. The fourth-order valence-corrected chi connectivity index (χ4v) is 3.02. The van der Waals surface area contributed by atoms with Crippen molar-refractivity contribution in [1.29, 1.82) is 0 Å². The molecule has 94 valence electrons. The first-order chi connectivity index (χ1) is 8.08. The van der Waals surface area contributed by atoms with Gasteiger partial charge < -0.3 is 5.32 Å².